The summed E-state index contributed by atoms with van der Waals surface area (Å²) in [5.74, 6) is 0.445. The molecule has 1 aromatic heterocycles. The van der Waals surface area contributed by atoms with Crippen molar-refractivity contribution < 1.29 is 18.7 Å². The van der Waals surface area contributed by atoms with Crippen LogP contribution in [0.3, 0.4) is 0 Å². The average molecular weight is 504 g/mol. The fourth-order valence-electron chi connectivity index (χ4n) is 3.06. The smallest absolute Gasteiger partial charge is 0.307 e. The molecule has 168 valence electrons. The Morgan fingerprint density at radius 2 is 1.88 bits per heavy atom. The molecule has 6 nitrogen and oxygen atoms in total. The van der Waals surface area contributed by atoms with Crippen LogP contribution in [0, 0.1) is 0 Å². The molecule has 0 aliphatic rings. The van der Waals surface area contributed by atoms with E-state index in [9.17, 15) is 4.79 Å². The molecule has 0 aliphatic carbocycles. The number of methoxy groups -OCH3 is 1. The number of rotatable bonds is 7. The summed E-state index contributed by atoms with van der Waals surface area (Å²) < 4.78 is 16.8. The standard InChI is InChI=1S/C24H17Cl3N2O4/c1-31-21-9-14(8-19(27)23(21)32-13-16-6-7-17(25)11-18(16)26)12-28-29-24(30)22-10-15-4-2-3-5-20(15)33-22/h2-12H,13H2,1H3,(H,29,30)/b28-12+. The van der Waals surface area contributed by atoms with Crippen LogP contribution >= 0.6 is 34.8 Å². The molecule has 0 atom stereocenters. The lowest BCUT2D eigenvalue weighted by Gasteiger charge is -2.14. The molecule has 1 heterocycles. The quantitative estimate of drug-likeness (QED) is 0.224. The molecule has 0 radical (unpaired) electrons. The molecule has 9 heteroatoms. The first-order chi connectivity index (χ1) is 15.9. The monoisotopic (exact) mass is 502 g/mol. The minimum absolute atomic E-state index is 0.161. The zero-order chi connectivity index (χ0) is 23.4. The normalized spacial score (nSPS) is 11.2. The number of nitrogens with zero attached hydrogens (tertiary/aromatic N) is 1. The second-order valence-electron chi connectivity index (χ2n) is 6.91. The van der Waals surface area contributed by atoms with Gasteiger partial charge in [0.05, 0.1) is 18.3 Å². The summed E-state index contributed by atoms with van der Waals surface area (Å²) in [6, 6.07) is 17.5. The highest BCUT2D eigenvalue weighted by molar-refractivity contribution is 6.35. The minimum Gasteiger partial charge on any atom is -0.493 e. The Balaban J connectivity index is 1.45. The van der Waals surface area contributed by atoms with Gasteiger partial charge in [0.25, 0.3) is 0 Å². The molecular formula is C24H17Cl3N2O4. The zero-order valence-corrected chi connectivity index (χ0v) is 19.5. The van der Waals surface area contributed by atoms with Crippen LogP contribution in [-0.2, 0) is 6.61 Å². The van der Waals surface area contributed by atoms with Crippen molar-refractivity contribution in [1.29, 1.82) is 0 Å². The molecule has 0 saturated heterocycles. The van der Waals surface area contributed by atoms with E-state index in [0.29, 0.717) is 37.7 Å². The van der Waals surface area contributed by atoms with Crippen molar-refractivity contribution in [2.45, 2.75) is 6.61 Å². The molecule has 0 aliphatic heterocycles. The largest absolute Gasteiger partial charge is 0.493 e. The summed E-state index contributed by atoms with van der Waals surface area (Å²) in [5, 5.41) is 6.14. The third-order valence-electron chi connectivity index (χ3n) is 4.67. The van der Waals surface area contributed by atoms with Crippen molar-refractivity contribution in [2.24, 2.45) is 5.10 Å². The summed E-state index contributed by atoms with van der Waals surface area (Å²) in [4.78, 5) is 12.3. The number of benzene rings is 3. The van der Waals surface area contributed by atoms with E-state index in [1.807, 2.05) is 18.2 Å². The lowest BCUT2D eigenvalue weighted by atomic mass is 10.2. The second kappa shape index (κ2) is 10.2. The highest BCUT2D eigenvalue weighted by Gasteiger charge is 2.14. The first-order valence-corrected chi connectivity index (χ1v) is 10.8. The van der Waals surface area contributed by atoms with Crippen molar-refractivity contribution in [3.63, 3.8) is 0 Å². The fourth-order valence-corrected chi connectivity index (χ4v) is 3.79. The van der Waals surface area contributed by atoms with Gasteiger partial charge < -0.3 is 13.9 Å². The number of hydrazone groups is 1. The second-order valence-corrected chi connectivity index (χ2v) is 8.16. The molecule has 1 N–H and O–H groups in total. The number of hydrogen-bond acceptors (Lipinski definition) is 5. The van der Waals surface area contributed by atoms with Crippen molar-refractivity contribution in [1.82, 2.24) is 5.43 Å². The van der Waals surface area contributed by atoms with Crippen LogP contribution in [0.2, 0.25) is 15.1 Å². The third-order valence-corrected chi connectivity index (χ3v) is 5.54. The summed E-state index contributed by atoms with van der Waals surface area (Å²) in [6.07, 6.45) is 1.44. The van der Waals surface area contributed by atoms with Gasteiger partial charge in [-0.3, -0.25) is 4.79 Å². The zero-order valence-electron chi connectivity index (χ0n) is 17.3. The number of hydrogen-bond donors (Lipinski definition) is 1. The molecule has 0 bridgehead atoms. The van der Waals surface area contributed by atoms with Gasteiger partial charge in [-0.1, -0.05) is 59.1 Å². The molecule has 0 spiro atoms. The maximum Gasteiger partial charge on any atom is 0.307 e. The van der Waals surface area contributed by atoms with Gasteiger partial charge in [-0.15, -0.1) is 0 Å². The number of amides is 1. The van der Waals surface area contributed by atoms with Crippen molar-refractivity contribution in [3.05, 3.63) is 92.6 Å². The first kappa shape index (κ1) is 23.0. The van der Waals surface area contributed by atoms with Crippen molar-refractivity contribution in [2.75, 3.05) is 7.11 Å². The van der Waals surface area contributed by atoms with Gasteiger partial charge in [0.15, 0.2) is 17.3 Å². The Hall–Kier alpha value is -3.19. The number of ether oxygens (including phenoxy) is 2. The van der Waals surface area contributed by atoms with E-state index in [-0.39, 0.29) is 12.4 Å². The first-order valence-electron chi connectivity index (χ1n) is 9.71. The minimum atomic E-state index is -0.472. The third kappa shape index (κ3) is 5.42. The Morgan fingerprint density at radius 1 is 1.06 bits per heavy atom. The fraction of sp³-hybridized carbons (Fsp3) is 0.0833. The molecular weight excluding hydrogens is 487 g/mol. The number of furan rings is 1. The SMILES string of the molecule is COc1cc(/C=N/NC(=O)c2cc3ccccc3o2)cc(Cl)c1OCc1ccc(Cl)cc1Cl. The number of fused-ring (bicyclic) bond motifs is 1. The number of para-hydroxylation sites is 1. The molecule has 0 fully saturated rings. The molecule has 4 aromatic rings. The van der Waals surface area contributed by atoms with Crippen LogP contribution in [0.5, 0.6) is 11.5 Å². The Kier molecular flexibility index (Phi) is 7.08. The van der Waals surface area contributed by atoms with E-state index >= 15 is 0 Å². The molecule has 4 rings (SSSR count). The predicted octanol–water partition coefficient (Wildman–Crippen LogP) is 6.74. The van der Waals surface area contributed by atoms with Gasteiger partial charge in [-0.05, 0) is 42.0 Å². The van der Waals surface area contributed by atoms with Gasteiger partial charge >= 0.3 is 5.91 Å². The molecule has 33 heavy (non-hydrogen) atoms. The number of carbonyl (C=O) groups excluding carboxylic acids is 1. The van der Waals surface area contributed by atoms with Crippen molar-refractivity contribution >= 4 is 57.9 Å². The summed E-state index contributed by atoms with van der Waals surface area (Å²) in [6.45, 7) is 0.174. The van der Waals surface area contributed by atoms with Gasteiger partial charge in [0, 0.05) is 21.0 Å². The Bertz CT molecular complexity index is 1320. The van der Waals surface area contributed by atoms with E-state index in [0.717, 1.165) is 10.9 Å². The Morgan fingerprint density at radius 3 is 2.64 bits per heavy atom. The molecule has 1 amide bonds. The summed E-state index contributed by atoms with van der Waals surface area (Å²) in [7, 11) is 1.50. The van der Waals surface area contributed by atoms with E-state index in [2.05, 4.69) is 10.5 Å². The van der Waals surface area contributed by atoms with E-state index in [4.69, 9.17) is 48.7 Å². The van der Waals surface area contributed by atoms with E-state index < -0.39 is 5.91 Å². The van der Waals surface area contributed by atoms with Gasteiger partial charge in [0.2, 0.25) is 0 Å². The molecule has 0 saturated carbocycles. The van der Waals surface area contributed by atoms with Crippen LogP contribution in [0.4, 0.5) is 0 Å². The van der Waals surface area contributed by atoms with E-state index in [1.165, 1.54) is 13.3 Å². The van der Waals surface area contributed by atoms with Crippen LogP contribution in [0.25, 0.3) is 11.0 Å². The lowest BCUT2D eigenvalue weighted by molar-refractivity contribution is 0.0929. The van der Waals surface area contributed by atoms with Crippen LogP contribution < -0.4 is 14.9 Å². The highest BCUT2D eigenvalue weighted by atomic mass is 35.5. The van der Waals surface area contributed by atoms with E-state index in [1.54, 1.807) is 42.5 Å². The van der Waals surface area contributed by atoms with Gasteiger partial charge in [-0.25, -0.2) is 5.43 Å². The number of nitrogens with one attached hydrogen (secondary N) is 1. The predicted molar refractivity (Wildman–Crippen MR) is 130 cm³/mol. The van der Waals surface area contributed by atoms with Crippen molar-refractivity contribution in [3.8, 4) is 11.5 Å². The van der Waals surface area contributed by atoms with Crippen LogP contribution in [-0.4, -0.2) is 19.2 Å². The maximum atomic E-state index is 12.3. The van der Waals surface area contributed by atoms with Gasteiger partial charge in [-0.2, -0.15) is 5.10 Å². The topological polar surface area (TPSA) is 73.1 Å². The highest BCUT2D eigenvalue weighted by Crippen LogP contribution is 2.37. The van der Waals surface area contributed by atoms with Gasteiger partial charge in [0.1, 0.15) is 12.2 Å². The van der Waals surface area contributed by atoms with Crippen LogP contribution in [0.1, 0.15) is 21.7 Å². The lowest BCUT2D eigenvalue weighted by Crippen LogP contribution is -2.16. The van der Waals surface area contributed by atoms with Crippen LogP contribution in [0.15, 0.2) is 70.2 Å². The number of carbonyl (C=O) groups is 1. The summed E-state index contributed by atoms with van der Waals surface area (Å²) >= 11 is 18.5. The molecule has 3 aromatic carbocycles. The maximum absolute atomic E-state index is 12.3. The average Bonchev–Trinajstić information content (AvgIpc) is 3.23. The Labute approximate surface area is 204 Å². The number of halogens is 3. The molecule has 0 unspecified atom stereocenters. The summed E-state index contributed by atoms with van der Waals surface area (Å²) in [5.41, 5.74) is 4.40.